The molecule has 4 rings (SSSR count). The van der Waals surface area contributed by atoms with Crippen molar-refractivity contribution in [2.45, 2.75) is 25.4 Å². The van der Waals surface area contributed by atoms with Gasteiger partial charge in [0.15, 0.2) is 0 Å². The van der Waals surface area contributed by atoms with E-state index in [1.165, 1.54) is 24.6 Å². The van der Waals surface area contributed by atoms with E-state index < -0.39 is 6.10 Å². The van der Waals surface area contributed by atoms with E-state index in [4.69, 9.17) is 4.74 Å². The van der Waals surface area contributed by atoms with Gasteiger partial charge in [-0.05, 0) is 41.8 Å². The normalized spacial score (nSPS) is 21.0. The predicted molar refractivity (Wildman–Crippen MR) is 87.1 cm³/mol. The second-order valence-corrected chi connectivity index (χ2v) is 6.96. The Hall–Kier alpha value is -1.52. The van der Waals surface area contributed by atoms with Gasteiger partial charge in [-0.2, -0.15) is 0 Å². The Morgan fingerprint density at radius 1 is 1.23 bits per heavy atom. The second kappa shape index (κ2) is 5.94. The van der Waals surface area contributed by atoms with Gasteiger partial charge in [0.2, 0.25) is 0 Å². The molecule has 1 saturated carbocycles. The SMILES string of the molecule is OC(COc1ccc2cc[nH]c2c1)CN1CC(CC2CC2)C1. The molecule has 1 aliphatic carbocycles. The highest BCUT2D eigenvalue weighted by Gasteiger charge is 2.33. The molecule has 0 amide bonds. The topological polar surface area (TPSA) is 48.5 Å². The third kappa shape index (κ3) is 3.28. The Morgan fingerprint density at radius 2 is 2.09 bits per heavy atom. The van der Waals surface area contributed by atoms with Gasteiger partial charge in [0.1, 0.15) is 18.5 Å². The summed E-state index contributed by atoms with van der Waals surface area (Å²) in [4.78, 5) is 5.52. The van der Waals surface area contributed by atoms with Crippen molar-refractivity contribution >= 4 is 10.9 Å². The number of likely N-dealkylation sites (tertiary alicyclic amines) is 1. The van der Waals surface area contributed by atoms with Crippen LogP contribution in [0.25, 0.3) is 10.9 Å². The molecule has 1 aromatic heterocycles. The predicted octanol–water partition coefficient (Wildman–Crippen LogP) is 2.64. The Morgan fingerprint density at radius 3 is 2.91 bits per heavy atom. The van der Waals surface area contributed by atoms with Gasteiger partial charge in [0, 0.05) is 37.4 Å². The molecule has 1 aromatic carbocycles. The van der Waals surface area contributed by atoms with Gasteiger partial charge < -0.3 is 14.8 Å². The van der Waals surface area contributed by atoms with Crippen molar-refractivity contribution in [1.82, 2.24) is 9.88 Å². The van der Waals surface area contributed by atoms with Crippen molar-refractivity contribution in [3.63, 3.8) is 0 Å². The van der Waals surface area contributed by atoms with Crippen molar-refractivity contribution < 1.29 is 9.84 Å². The highest BCUT2D eigenvalue weighted by atomic mass is 16.5. The summed E-state index contributed by atoms with van der Waals surface area (Å²) in [5.74, 6) is 2.70. The van der Waals surface area contributed by atoms with Crippen LogP contribution in [-0.4, -0.2) is 47.3 Å². The first-order chi connectivity index (χ1) is 10.8. The Kier molecular flexibility index (Phi) is 3.80. The quantitative estimate of drug-likeness (QED) is 0.826. The van der Waals surface area contributed by atoms with Crippen molar-refractivity contribution in [3.05, 3.63) is 30.5 Å². The van der Waals surface area contributed by atoms with Gasteiger partial charge >= 0.3 is 0 Å². The highest BCUT2D eigenvalue weighted by Crippen LogP contribution is 2.37. The number of ether oxygens (including phenoxy) is 1. The fourth-order valence-corrected chi connectivity index (χ4v) is 3.46. The molecule has 0 bridgehead atoms. The van der Waals surface area contributed by atoms with E-state index in [1.807, 2.05) is 30.5 Å². The number of benzene rings is 1. The molecule has 2 aliphatic rings. The molecule has 1 saturated heterocycles. The maximum atomic E-state index is 10.1. The summed E-state index contributed by atoms with van der Waals surface area (Å²) in [6.45, 7) is 3.39. The van der Waals surface area contributed by atoms with Gasteiger partial charge in [0.05, 0.1) is 0 Å². The first-order valence-electron chi connectivity index (χ1n) is 8.36. The Balaban J connectivity index is 1.20. The molecule has 1 aliphatic heterocycles. The molecule has 2 aromatic rings. The van der Waals surface area contributed by atoms with Crippen LogP contribution in [0.3, 0.4) is 0 Å². The molecule has 2 fully saturated rings. The number of H-pyrrole nitrogens is 1. The largest absolute Gasteiger partial charge is 0.491 e. The number of nitrogens with zero attached hydrogens (tertiary/aromatic N) is 1. The lowest BCUT2D eigenvalue weighted by Gasteiger charge is -2.40. The lowest BCUT2D eigenvalue weighted by molar-refractivity contribution is 0.0161. The Bertz CT molecular complexity index is 629. The molecule has 4 nitrogen and oxygen atoms in total. The zero-order chi connectivity index (χ0) is 14.9. The molecule has 2 heterocycles. The van der Waals surface area contributed by atoms with Crippen LogP contribution >= 0.6 is 0 Å². The van der Waals surface area contributed by atoms with Crippen molar-refractivity contribution in [2.75, 3.05) is 26.2 Å². The number of fused-ring (bicyclic) bond motifs is 1. The van der Waals surface area contributed by atoms with Crippen LogP contribution in [0.1, 0.15) is 19.3 Å². The van der Waals surface area contributed by atoms with Gasteiger partial charge in [-0.3, -0.25) is 4.90 Å². The zero-order valence-electron chi connectivity index (χ0n) is 12.9. The van der Waals surface area contributed by atoms with Crippen LogP contribution in [0.5, 0.6) is 5.75 Å². The smallest absolute Gasteiger partial charge is 0.121 e. The van der Waals surface area contributed by atoms with Gasteiger partial charge in [-0.1, -0.05) is 12.8 Å². The number of aromatic nitrogens is 1. The summed E-state index contributed by atoms with van der Waals surface area (Å²) in [5, 5.41) is 11.3. The molecule has 0 spiro atoms. The van der Waals surface area contributed by atoms with Crippen LogP contribution in [-0.2, 0) is 0 Å². The van der Waals surface area contributed by atoms with E-state index in [0.29, 0.717) is 6.61 Å². The molecule has 22 heavy (non-hydrogen) atoms. The molecule has 2 N–H and O–H groups in total. The van der Waals surface area contributed by atoms with Crippen LogP contribution in [0.2, 0.25) is 0 Å². The summed E-state index contributed by atoms with van der Waals surface area (Å²) >= 11 is 0. The van der Waals surface area contributed by atoms with Crippen molar-refractivity contribution in [3.8, 4) is 5.75 Å². The number of aromatic amines is 1. The third-order valence-corrected chi connectivity index (χ3v) is 4.83. The van der Waals surface area contributed by atoms with E-state index in [-0.39, 0.29) is 0 Å². The molecular weight excluding hydrogens is 276 g/mol. The minimum Gasteiger partial charge on any atom is -0.491 e. The molecule has 1 atom stereocenters. The summed E-state index contributed by atoms with van der Waals surface area (Å²) < 4.78 is 5.72. The van der Waals surface area contributed by atoms with E-state index in [1.54, 1.807) is 0 Å². The lowest BCUT2D eigenvalue weighted by Crippen LogP contribution is -2.50. The molecular formula is C18H24N2O2. The fourth-order valence-electron chi connectivity index (χ4n) is 3.46. The Labute approximate surface area is 131 Å². The number of β-amino-alcohol motifs (C(OH)–C–C–N with tert-alkyl or cyclic N) is 1. The van der Waals surface area contributed by atoms with E-state index >= 15 is 0 Å². The summed E-state index contributed by atoms with van der Waals surface area (Å²) in [5.41, 5.74) is 1.07. The van der Waals surface area contributed by atoms with Crippen LogP contribution in [0.15, 0.2) is 30.5 Å². The number of rotatable bonds is 7. The minimum absolute atomic E-state index is 0.357. The standard InChI is InChI=1S/C18H24N2O2/c21-16(11-20-9-14(10-20)7-13-1-2-13)12-22-17-4-3-15-5-6-19-18(15)8-17/h3-6,8,13-14,16,19,21H,1-2,7,9-12H2. The average molecular weight is 300 g/mol. The zero-order valence-corrected chi connectivity index (χ0v) is 12.9. The fraction of sp³-hybridized carbons (Fsp3) is 0.556. The number of aliphatic hydroxyl groups excluding tert-OH is 1. The monoisotopic (exact) mass is 300 g/mol. The summed E-state index contributed by atoms with van der Waals surface area (Å²) in [6, 6.07) is 8.01. The first kappa shape index (κ1) is 14.1. The van der Waals surface area contributed by atoms with E-state index in [9.17, 15) is 5.11 Å². The van der Waals surface area contributed by atoms with Gasteiger partial charge in [0.25, 0.3) is 0 Å². The minimum atomic E-state index is -0.416. The maximum absolute atomic E-state index is 10.1. The van der Waals surface area contributed by atoms with Crippen molar-refractivity contribution in [2.24, 2.45) is 11.8 Å². The number of nitrogens with one attached hydrogen (secondary N) is 1. The van der Waals surface area contributed by atoms with E-state index in [2.05, 4.69) is 9.88 Å². The third-order valence-electron chi connectivity index (χ3n) is 4.83. The second-order valence-electron chi connectivity index (χ2n) is 6.96. The number of hydrogen-bond donors (Lipinski definition) is 2. The number of aliphatic hydroxyl groups is 1. The molecule has 4 heteroatoms. The molecule has 0 radical (unpaired) electrons. The highest BCUT2D eigenvalue weighted by molar-refractivity contribution is 5.80. The van der Waals surface area contributed by atoms with Crippen LogP contribution < -0.4 is 4.74 Å². The lowest BCUT2D eigenvalue weighted by atomic mass is 9.93. The van der Waals surface area contributed by atoms with E-state index in [0.717, 1.165) is 42.7 Å². The average Bonchev–Trinajstić information content (AvgIpc) is 3.17. The molecule has 118 valence electrons. The number of hydrogen-bond acceptors (Lipinski definition) is 3. The van der Waals surface area contributed by atoms with Crippen LogP contribution in [0, 0.1) is 11.8 Å². The molecule has 1 unspecified atom stereocenters. The van der Waals surface area contributed by atoms with Gasteiger partial charge in [-0.25, -0.2) is 0 Å². The summed E-state index contributed by atoms with van der Waals surface area (Å²) in [7, 11) is 0. The first-order valence-corrected chi connectivity index (χ1v) is 8.36. The van der Waals surface area contributed by atoms with Gasteiger partial charge in [-0.15, -0.1) is 0 Å². The van der Waals surface area contributed by atoms with Crippen molar-refractivity contribution in [1.29, 1.82) is 0 Å². The summed E-state index contributed by atoms with van der Waals surface area (Å²) in [6.07, 6.45) is 5.79. The van der Waals surface area contributed by atoms with Crippen LogP contribution in [0.4, 0.5) is 0 Å². The maximum Gasteiger partial charge on any atom is 0.121 e.